The van der Waals surface area contributed by atoms with Gasteiger partial charge in [0.25, 0.3) is 0 Å². The summed E-state index contributed by atoms with van der Waals surface area (Å²) in [7, 11) is 1.55. The van der Waals surface area contributed by atoms with Crippen LogP contribution in [-0.2, 0) is 0 Å². The quantitative estimate of drug-likeness (QED) is 0.792. The summed E-state index contributed by atoms with van der Waals surface area (Å²) in [6.07, 6.45) is 0. The fourth-order valence-corrected chi connectivity index (χ4v) is 2.11. The molecule has 0 saturated heterocycles. The number of hydrogen-bond acceptors (Lipinski definition) is 4. The lowest BCUT2D eigenvalue weighted by Gasteiger charge is -2.29. The normalized spacial score (nSPS) is 12.8. The Labute approximate surface area is 103 Å². The number of aromatic hydroxyl groups is 1. The van der Waals surface area contributed by atoms with Crippen molar-refractivity contribution in [2.75, 3.05) is 26.7 Å². The van der Waals surface area contributed by atoms with Crippen LogP contribution in [0.3, 0.4) is 0 Å². The Bertz CT molecular complexity index is 351. The third-order valence-corrected chi connectivity index (χ3v) is 3.09. The van der Waals surface area contributed by atoms with Crippen molar-refractivity contribution in [1.82, 2.24) is 4.90 Å². The van der Waals surface area contributed by atoms with Crippen LogP contribution >= 0.6 is 0 Å². The number of rotatable bonds is 6. The maximum atomic E-state index is 10.1. The predicted molar refractivity (Wildman–Crippen MR) is 69.4 cm³/mol. The van der Waals surface area contributed by atoms with Crippen molar-refractivity contribution in [2.24, 2.45) is 5.73 Å². The molecule has 0 aliphatic heterocycles. The third-order valence-electron chi connectivity index (χ3n) is 3.09. The van der Waals surface area contributed by atoms with Gasteiger partial charge >= 0.3 is 0 Å². The molecule has 17 heavy (non-hydrogen) atoms. The Morgan fingerprint density at radius 3 is 2.47 bits per heavy atom. The van der Waals surface area contributed by atoms with Gasteiger partial charge in [0.05, 0.1) is 13.2 Å². The minimum atomic E-state index is 0.0279. The zero-order valence-electron chi connectivity index (χ0n) is 10.8. The van der Waals surface area contributed by atoms with Gasteiger partial charge in [-0.3, -0.25) is 4.90 Å². The zero-order chi connectivity index (χ0) is 12.8. The second-order valence-corrected chi connectivity index (χ2v) is 3.87. The van der Waals surface area contributed by atoms with Crippen molar-refractivity contribution in [1.29, 1.82) is 0 Å². The van der Waals surface area contributed by atoms with E-state index in [9.17, 15) is 5.11 Å². The van der Waals surface area contributed by atoms with Crippen LogP contribution in [0.25, 0.3) is 0 Å². The van der Waals surface area contributed by atoms with Crippen molar-refractivity contribution < 1.29 is 9.84 Å². The molecule has 0 amide bonds. The first-order valence-electron chi connectivity index (χ1n) is 5.99. The number of hydrogen-bond donors (Lipinski definition) is 2. The molecule has 0 radical (unpaired) electrons. The van der Waals surface area contributed by atoms with Gasteiger partial charge in [-0.1, -0.05) is 26.0 Å². The van der Waals surface area contributed by atoms with Crippen LogP contribution in [0.4, 0.5) is 0 Å². The van der Waals surface area contributed by atoms with E-state index in [-0.39, 0.29) is 11.8 Å². The average molecular weight is 238 g/mol. The minimum absolute atomic E-state index is 0.0279. The Hall–Kier alpha value is -1.26. The minimum Gasteiger partial charge on any atom is -0.504 e. The topological polar surface area (TPSA) is 58.7 Å². The molecule has 1 aromatic carbocycles. The number of likely N-dealkylation sites (N-methyl/N-ethyl adjacent to an activating group) is 1. The van der Waals surface area contributed by atoms with Gasteiger partial charge in [0.1, 0.15) is 0 Å². The van der Waals surface area contributed by atoms with E-state index in [1.54, 1.807) is 13.2 Å². The van der Waals surface area contributed by atoms with E-state index in [2.05, 4.69) is 18.7 Å². The second-order valence-electron chi connectivity index (χ2n) is 3.87. The van der Waals surface area contributed by atoms with Crippen LogP contribution in [0.5, 0.6) is 11.5 Å². The molecule has 4 nitrogen and oxygen atoms in total. The number of phenols is 1. The van der Waals surface area contributed by atoms with E-state index in [0.717, 1.165) is 18.7 Å². The first kappa shape index (κ1) is 13.8. The Balaban J connectivity index is 3.11. The third kappa shape index (κ3) is 2.90. The highest BCUT2D eigenvalue weighted by Crippen LogP contribution is 2.35. The van der Waals surface area contributed by atoms with Gasteiger partial charge in [0.2, 0.25) is 0 Å². The van der Waals surface area contributed by atoms with Crippen LogP contribution < -0.4 is 10.5 Å². The second kappa shape index (κ2) is 6.47. The first-order chi connectivity index (χ1) is 8.19. The fourth-order valence-electron chi connectivity index (χ4n) is 2.11. The molecule has 0 aliphatic rings. The molecule has 1 atom stereocenters. The summed E-state index contributed by atoms with van der Waals surface area (Å²) >= 11 is 0. The standard InChI is InChI=1S/C13H22N2O2/c1-4-15(5-2)11(9-14)10-7-6-8-12(17-3)13(10)16/h6-8,11,16H,4-5,9,14H2,1-3H3. The van der Waals surface area contributed by atoms with E-state index in [0.29, 0.717) is 12.3 Å². The molecular formula is C13H22N2O2. The molecule has 0 fully saturated rings. The molecule has 0 aromatic heterocycles. The number of para-hydroxylation sites is 1. The summed E-state index contributed by atoms with van der Waals surface area (Å²) < 4.78 is 5.12. The average Bonchev–Trinajstić information content (AvgIpc) is 2.36. The molecule has 96 valence electrons. The molecule has 4 heteroatoms. The first-order valence-corrected chi connectivity index (χ1v) is 5.99. The molecule has 0 heterocycles. The molecule has 0 bridgehead atoms. The smallest absolute Gasteiger partial charge is 0.162 e. The summed E-state index contributed by atoms with van der Waals surface area (Å²) in [4.78, 5) is 2.22. The predicted octanol–water partition coefficient (Wildman–Crippen LogP) is 1.74. The van der Waals surface area contributed by atoms with E-state index < -0.39 is 0 Å². The van der Waals surface area contributed by atoms with Gasteiger partial charge in [-0.15, -0.1) is 0 Å². The molecule has 0 aliphatic carbocycles. The number of methoxy groups -OCH3 is 1. The van der Waals surface area contributed by atoms with E-state index in [4.69, 9.17) is 10.5 Å². The highest BCUT2D eigenvalue weighted by molar-refractivity contribution is 5.47. The van der Waals surface area contributed by atoms with Crippen LogP contribution in [-0.4, -0.2) is 36.8 Å². The van der Waals surface area contributed by atoms with Crippen LogP contribution in [0.15, 0.2) is 18.2 Å². The van der Waals surface area contributed by atoms with Crippen molar-refractivity contribution in [3.63, 3.8) is 0 Å². The zero-order valence-corrected chi connectivity index (χ0v) is 10.8. The van der Waals surface area contributed by atoms with Crippen LogP contribution in [0, 0.1) is 0 Å². The summed E-state index contributed by atoms with van der Waals surface area (Å²) in [6.45, 7) is 6.44. The molecule has 0 spiro atoms. The summed E-state index contributed by atoms with van der Waals surface area (Å²) in [5, 5.41) is 10.1. The summed E-state index contributed by atoms with van der Waals surface area (Å²) in [5.74, 6) is 0.686. The number of ether oxygens (including phenoxy) is 1. The van der Waals surface area contributed by atoms with E-state index in [1.807, 2.05) is 12.1 Å². The lowest BCUT2D eigenvalue weighted by Crippen LogP contribution is -2.33. The van der Waals surface area contributed by atoms with Crippen molar-refractivity contribution in [2.45, 2.75) is 19.9 Å². The van der Waals surface area contributed by atoms with Crippen molar-refractivity contribution in [3.05, 3.63) is 23.8 Å². The molecule has 1 unspecified atom stereocenters. The lowest BCUT2D eigenvalue weighted by molar-refractivity contribution is 0.218. The maximum absolute atomic E-state index is 10.1. The Morgan fingerprint density at radius 2 is 2.00 bits per heavy atom. The maximum Gasteiger partial charge on any atom is 0.162 e. The fraction of sp³-hybridized carbons (Fsp3) is 0.538. The Kier molecular flexibility index (Phi) is 5.25. The van der Waals surface area contributed by atoms with Crippen molar-refractivity contribution >= 4 is 0 Å². The van der Waals surface area contributed by atoms with Gasteiger partial charge in [-0.05, 0) is 19.2 Å². The largest absolute Gasteiger partial charge is 0.504 e. The van der Waals surface area contributed by atoms with E-state index in [1.165, 1.54) is 0 Å². The number of nitrogens with two attached hydrogens (primary N) is 1. The van der Waals surface area contributed by atoms with Crippen LogP contribution in [0.2, 0.25) is 0 Å². The highest BCUT2D eigenvalue weighted by Gasteiger charge is 2.21. The van der Waals surface area contributed by atoms with Gasteiger partial charge < -0.3 is 15.6 Å². The van der Waals surface area contributed by atoms with Crippen molar-refractivity contribution in [3.8, 4) is 11.5 Å². The van der Waals surface area contributed by atoms with Gasteiger partial charge in [-0.2, -0.15) is 0 Å². The molecule has 3 N–H and O–H groups in total. The number of nitrogens with zero attached hydrogens (tertiary/aromatic N) is 1. The highest BCUT2D eigenvalue weighted by atomic mass is 16.5. The van der Waals surface area contributed by atoms with Gasteiger partial charge in [0, 0.05) is 12.1 Å². The van der Waals surface area contributed by atoms with E-state index >= 15 is 0 Å². The van der Waals surface area contributed by atoms with Gasteiger partial charge in [0.15, 0.2) is 11.5 Å². The molecule has 0 saturated carbocycles. The van der Waals surface area contributed by atoms with Gasteiger partial charge in [-0.25, -0.2) is 0 Å². The molecule has 1 rings (SSSR count). The molecular weight excluding hydrogens is 216 g/mol. The Morgan fingerprint density at radius 1 is 1.35 bits per heavy atom. The SMILES string of the molecule is CCN(CC)C(CN)c1cccc(OC)c1O. The monoisotopic (exact) mass is 238 g/mol. The molecule has 1 aromatic rings. The van der Waals surface area contributed by atoms with Crippen LogP contribution in [0.1, 0.15) is 25.5 Å². The summed E-state index contributed by atoms with van der Waals surface area (Å²) in [6, 6.07) is 5.54. The summed E-state index contributed by atoms with van der Waals surface area (Å²) in [5.41, 5.74) is 6.65. The number of phenolic OH excluding ortho intramolecular Hbond substituents is 1. The lowest BCUT2D eigenvalue weighted by atomic mass is 10.0. The number of benzene rings is 1.